The standard InChI is InChI=1S/C12H19NO4/c1-12(2,3)9-7(6-8(14)17-5)10(15)13(4)11(9)16/h7,9H,6H2,1-5H3/t7-,9-/m0/s1. The summed E-state index contributed by atoms with van der Waals surface area (Å²) in [6, 6.07) is 0. The molecule has 1 heterocycles. The Balaban J connectivity index is 3.02. The highest BCUT2D eigenvalue weighted by Crippen LogP contribution is 2.40. The van der Waals surface area contributed by atoms with Crippen molar-refractivity contribution >= 4 is 17.8 Å². The van der Waals surface area contributed by atoms with Crippen molar-refractivity contribution in [3.63, 3.8) is 0 Å². The summed E-state index contributed by atoms with van der Waals surface area (Å²) in [6.07, 6.45) is -0.0344. The van der Waals surface area contributed by atoms with E-state index in [9.17, 15) is 14.4 Å². The van der Waals surface area contributed by atoms with Gasteiger partial charge in [-0.1, -0.05) is 20.8 Å². The van der Waals surface area contributed by atoms with Crippen LogP contribution in [0.2, 0.25) is 0 Å². The topological polar surface area (TPSA) is 63.7 Å². The van der Waals surface area contributed by atoms with Gasteiger partial charge in [-0.3, -0.25) is 19.3 Å². The quantitative estimate of drug-likeness (QED) is 0.530. The molecule has 1 fully saturated rings. The number of carbonyl (C=O) groups is 3. The fourth-order valence-electron chi connectivity index (χ4n) is 2.32. The minimum Gasteiger partial charge on any atom is -0.469 e. The largest absolute Gasteiger partial charge is 0.469 e. The molecule has 0 spiro atoms. The summed E-state index contributed by atoms with van der Waals surface area (Å²) in [7, 11) is 2.74. The monoisotopic (exact) mass is 241 g/mol. The van der Waals surface area contributed by atoms with E-state index in [1.54, 1.807) is 0 Å². The predicted molar refractivity (Wildman–Crippen MR) is 60.8 cm³/mol. The molecule has 0 bridgehead atoms. The number of imide groups is 1. The van der Waals surface area contributed by atoms with Crippen molar-refractivity contribution in [2.45, 2.75) is 27.2 Å². The first kappa shape index (κ1) is 13.7. The molecule has 0 aromatic rings. The molecule has 5 heteroatoms. The van der Waals surface area contributed by atoms with Crippen molar-refractivity contribution in [1.82, 2.24) is 4.90 Å². The Hall–Kier alpha value is -1.39. The van der Waals surface area contributed by atoms with Crippen LogP contribution < -0.4 is 0 Å². The second-order valence-electron chi connectivity index (χ2n) is 5.47. The lowest BCUT2D eigenvalue weighted by molar-refractivity contribution is -0.145. The minimum absolute atomic E-state index is 0.0344. The number of rotatable bonds is 2. The third-order valence-electron chi connectivity index (χ3n) is 3.19. The first-order valence-electron chi connectivity index (χ1n) is 5.58. The molecule has 0 unspecified atom stereocenters. The highest BCUT2D eigenvalue weighted by atomic mass is 16.5. The number of amides is 2. The van der Waals surface area contributed by atoms with E-state index in [0.29, 0.717) is 0 Å². The van der Waals surface area contributed by atoms with Gasteiger partial charge in [-0.15, -0.1) is 0 Å². The summed E-state index contributed by atoms with van der Waals surface area (Å²) in [5, 5.41) is 0. The molecule has 0 aromatic carbocycles. The number of carbonyl (C=O) groups excluding carboxylic acids is 3. The Morgan fingerprint density at radius 1 is 1.29 bits per heavy atom. The summed E-state index contributed by atoms with van der Waals surface area (Å²) < 4.78 is 4.57. The molecule has 0 aliphatic carbocycles. The van der Waals surface area contributed by atoms with Crippen molar-refractivity contribution in [3.05, 3.63) is 0 Å². The van der Waals surface area contributed by atoms with Crippen LogP contribution in [0.25, 0.3) is 0 Å². The molecule has 17 heavy (non-hydrogen) atoms. The third-order valence-corrected chi connectivity index (χ3v) is 3.19. The smallest absolute Gasteiger partial charge is 0.306 e. The molecule has 1 aliphatic rings. The van der Waals surface area contributed by atoms with E-state index in [-0.39, 0.29) is 23.7 Å². The zero-order chi connectivity index (χ0) is 13.4. The Labute approximate surface area is 101 Å². The van der Waals surface area contributed by atoms with Crippen LogP contribution in [0.1, 0.15) is 27.2 Å². The van der Waals surface area contributed by atoms with Gasteiger partial charge in [0.1, 0.15) is 0 Å². The Bertz CT molecular complexity index is 356. The van der Waals surface area contributed by atoms with Gasteiger partial charge >= 0.3 is 5.97 Å². The van der Waals surface area contributed by atoms with Crippen molar-refractivity contribution in [3.8, 4) is 0 Å². The van der Waals surface area contributed by atoms with Crippen molar-refractivity contribution < 1.29 is 19.1 Å². The number of ether oxygens (including phenoxy) is 1. The van der Waals surface area contributed by atoms with E-state index < -0.39 is 17.8 Å². The van der Waals surface area contributed by atoms with E-state index in [0.717, 1.165) is 4.90 Å². The average molecular weight is 241 g/mol. The van der Waals surface area contributed by atoms with Crippen molar-refractivity contribution in [1.29, 1.82) is 0 Å². The molecule has 0 saturated carbocycles. The minimum atomic E-state index is -0.597. The van der Waals surface area contributed by atoms with Gasteiger partial charge in [0.2, 0.25) is 11.8 Å². The van der Waals surface area contributed by atoms with Crippen LogP contribution in [0.5, 0.6) is 0 Å². The van der Waals surface area contributed by atoms with Gasteiger partial charge in [0.05, 0.1) is 25.4 Å². The van der Waals surface area contributed by atoms with Gasteiger partial charge < -0.3 is 4.74 Å². The van der Waals surface area contributed by atoms with Gasteiger partial charge in [-0.25, -0.2) is 0 Å². The average Bonchev–Trinajstić information content (AvgIpc) is 2.42. The molecular formula is C12H19NO4. The first-order chi connectivity index (χ1) is 7.70. The van der Waals surface area contributed by atoms with E-state index >= 15 is 0 Å². The Kier molecular flexibility index (Phi) is 3.59. The third kappa shape index (κ3) is 2.48. The SMILES string of the molecule is COC(=O)C[C@@H]1C(=O)N(C)C(=O)[C@H]1C(C)(C)C. The Morgan fingerprint density at radius 2 is 1.82 bits per heavy atom. The van der Waals surface area contributed by atoms with E-state index in [4.69, 9.17) is 0 Å². The Morgan fingerprint density at radius 3 is 2.24 bits per heavy atom. The second-order valence-corrected chi connectivity index (χ2v) is 5.47. The lowest BCUT2D eigenvalue weighted by Gasteiger charge is -2.28. The summed E-state index contributed by atoms with van der Waals surface area (Å²) in [4.78, 5) is 36.3. The van der Waals surface area contributed by atoms with E-state index in [1.165, 1.54) is 14.2 Å². The maximum Gasteiger partial charge on any atom is 0.306 e. The molecule has 0 aromatic heterocycles. The number of hydrogen-bond donors (Lipinski definition) is 0. The van der Waals surface area contributed by atoms with Crippen LogP contribution in [-0.2, 0) is 19.1 Å². The number of methoxy groups -OCH3 is 1. The fourth-order valence-corrected chi connectivity index (χ4v) is 2.32. The van der Waals surface area contributed by atoms with Gasteiger partial charge in [-0.2, -0.15) is 0 Å². The zero-order valence-electron chi connectivity index (χ0n) is 10.9. The van der Waals surface area contributed by atoms with Crippen molar-refractivity contribution in [2.24, 2.45) is 17.3 Å². The molecule has 1 aliphatic heterocycles. The molecule has 1 rings (SSSR count). The molecule has 1 saturated heterocycles. The highest BCUT2D eigenvalue weighted by Gasteiger charge is 2.51. The number of hydrogen-bond acceptors (Lipinski definition) is 4. The van der Waals surface area contributed by atoms with Crippen LogP contribution in [0.3, 0.4) is 0 Å². The summed E-state index contributed by atoms with van der Waals surface area (Å²) in [6.45, 7) is 5.69. The van der Waals surface area contributed by atoms with Gasteiger partial charge in [0, 0.05) is 7.05 Å². The first-order valence-corrected chi connectivity index (χ1v) is 5.58. The van der Waals surface area contributed by atoms with Gasteiger partial charge in [0.15, 0.2) is 0 Å². The van der Waals surface area contributed by atoms with Crippen LogP contribution in [0.15, 0.2) is 0 Å². The van der Waals surface area contributed by atoms with E-state index in [1.807, 2.05) is 20.8 Å². The lowest BCUT2D eigenvalue weighted by atomic mass is 9.73. The molecule has 2 amide bonds. The maximum atomic E-state index is 12.0. The highest BCUT2D eigenvalue weighted by molar-refractivity contribution is 6.06. The molecule has 0 N–H and O–H groups in total. The molecule has 96 valence electrons. The number of esters is 1. The molecule has 2 atom stereocenters. The summed E-state index contributed by atoms with van der Waals surface area (Å²) in [5.41, 5.74) is -0.351. The van der Waals surface area contributed by atoms with Crippen LogP contribution in [-0.4, -0.2) is 36.8 Å². The van der Waals surface area contributed by atoms with E-state index in [2.05, 4.69) is 4.74 Å². The van der Waals surface area contributed by atoms with Gasteiger partial charge in [-0.05, 0) is 5.41 Å². The van der Waals surface area contributed by atoms with Crippen LogP contribution in [0, 0.1) is 17.3 Å². The van der Waals surface area contributed by atoms with Crippen LogP contribution in [0.4, 0.5) is 0 Å². The lowest BCUT2D eigenvalue weighted by Crippen LogP contribution is -2.33. The maximum absolute atomic E-state index is 12.0. The van der Waals surface area contributed by atoms with Gasteiger partial charge in [0.25, 0.3) is 0 Å². The number of likely N-dealkylation sites (tertiary alicyclic amines) is 1. The summed E-state index contributed by atoms with van der Waals surface area (Å²) >= 11 is 0. The van der Waals surface area contributed by atoms with Crippen LogP contribution >= 0.6 is 0 Å². The molecule has 0 radical (unpaired) electrons. The zero-order valence-corrected chi connectivity index (χ0v) is 10.9. The number of nitrogens with zero attached hydrogens (tertiary/aromatic N) is 1. The fraction of sp³-hybridized carbons (Fsp3) is 0.750. The molecule has 5 nitrogen and oxygen atoms in total. The van der Waals surface area contributed by atoms with Crippen molar-refractivity contribution in [2.75, 3.05) is 14.2 Å². The predicted octanol–water partition coefficient (Wildman–Crippen LogP) is 0.827. The summed E-state index contributed by atoms with van der Waals surface area (Å²) in [5.74, 6) is -2.02. The normalized spacial score (nSPS) is 25.4. The second kappa shape index (κ2) is 4.47. The molecular weight excluding hydrogens is 222 g/mol.